The van der Waals surface area contributed by atoms with Gasteiger partial charge in [0, 0.05) is 10.0 Å². The van der Waals surface area contributed by atoms with Crippen molar-refractivity contribution in [3.05, 3.63) is 146 Å². The zero-order valence-electron chi connectivity index (χ0n) is 34.7. The molecule has 2 N–H and O–H groups in total. The first-order valence-electron chi connectivity index (χ1n) is 19.0. The van der Waals surface area contributed by atoms with Crippen molar-refractivity contribution in [3.8, 4) is 11.5 Å². The average molecular weight is 793 g/mol. The Kier molecular flexibility index (Phi) is 12.2. The Morgan fingerprint density at radius 2 is 0.750 bits per heavy atom. The molecule has 5 aromatic rings. The summed E-state index contributed by atoms with van der Waals surface area (Å²) in [6.07, 6.45) is 0. The Balaban J connectivity index is 1.79. The Hall–Kier alpha value is -4.59. The van der Waals surface area contributed by atoms with Gasteiger partial charge in [-0.2, -0.15) is 20.5 Å². The van der Waals surface area contributed by atoms with Crippen LogP contribution in [0.15, 0.2) is 111 Å². The Morgan fingerprint density at radius 1 is 0.464 bits per heavy atom. The van der Waals surface area contributed by atoms with Crippen LogP contribution in [0, 0.1) is 0 Å². The molecule has 9 heteroatoms. The fraction of sp³-hybridized carbons (Fsp3) is 0.383. The number of azo groups is 2. The van der Waals surface area contributed by atoms with E-state index in [9.17, 15) is 10.2 Å². The maximum Gasteiger partial charge on any atom is 0.138 e. The normalized spacial score (nSPS) is 14.1. The number of pyridine rings is 1. The van der Waals surface area contributed by atoms with Crippen LogP contribution in [0.2, 0.25) is 10.0 Å². The lowest BCUT2D eigenvalue weighted by Crippen LogP contribution is -2.19. The van der Waals surface area contributed by atoms with E-state index < -0.39 is 12.1 Å². The van der Waals surface area contributed by atoms with Crippen LogP contribution in [0.3, 0.4) is 0 Å². The van der Waals surface area contributed by atoms with Gasteiger partial charge in [-0.05, 0) is 140 Å². The van der Waals surface area contributed by atoms with E-state index in [0.29, 0.717) is 32.8 Å². The summed E-state index contributed by atoms with van der Waals surface area (Å²) in [6, 6.07) is 27.0. The molecule has 0 aliphatic rings. The first-order chi connectivity index (χ1) is 25.9. The molecule has 1 aromatic heterocycles. The number of phenolic OH excluding ortho intramolecular Hbond substituents is 2. The molecule has 2 atom stereocenters. The van der Waals surface area contributed by atoms with Crippen LogP contribution in [-0.2, 0) is 21.7 Å². The van der Waals surface area contributed by atoms with Gasteiger partial charge in [-0.1, -0.05) is 112 Å². The van der Waals surface area contributed by atoms with Crippen molar-refractivity contribution in [3.63, 3.8) is 0 Å². The van der Waals surface area contributed by atoms with Crippen LogP contribution in [0.4, 0.5) is 11.4 Å². The third-order valence-electron chi connectivity index (χ3n) is 9.71. The summed E-state index contributed by atoms with van der Waals surface area (Å²) in [4.78, 5) is 5.32. The molecule has 0 bridgehead atoms. The van der Waals surface area contributed by atoms with E-state index in [1.807, 2.05) is 66.7 Å². The number of aromatic nitrogens is 1. The Morgan fingerprint density at radius 3 is 1.02 bits per heavy atom. The Labute approximate surface area is 343 Å². The zero-order valence-corrected chi connectivity index (χ0v) is 36.2. The van der Waals surface area contributed by atoms with Crippen LogP contribution in [0.1, 0.15) is 140 Å². The molecular formula is C47H55Cl2N5O2. The molecule has 0 fully saturated rings. The maximum absolute atomic E-state index is 11.6. The van der Waals surface area contributed by atoms with Gasteiger partial charge in [0.25, 0.3) is 0 Å². The van der Waals surface area contributed by atoms with E-state index in [4.69, 9.17) is 48.6 Å². The molecule has 0 spiro atoms. The molecular weight excluding hydrogens is 737 g/mol. The van der Waals surface area contributed by atoms with E-state index in [1.54, 1.807) is 24.3 Å². The molecule has 56 heavy (non-hydrogen) atoms. The summed E-state index contributed by atoms with van der Waals surface area (Å²) in [7, 11) is 0. The number of rotatable bonds is 8. The minimum atomic E-state index is -0.655. The molecule has 4 aromatic carbocycles. The quantitative estimate of drug-likeness (QED) is 0.153. The number of phenols is 2. The highest BCUT2D eigenvalue weighted by Gasteiger charge is 2.32. The van der Waals surface area contributed by atoms with Gasteiger partial charge in [-0.15, -0.1) is 0 Å². The number of halogens is 2. The van der Waals surface area contributed by atoms with Crippen LogP contribution in [0.5, 0.6) is 11.5 Å². The molecule has 7 nitrogen and oxygen atoms in total. The van der Waals surface area contributed by atoms with Crippen LogP contribution in [0.25, 0.3) is 0 Å². The molecule has 2 unspecified atom stereocenters. The lowest BCUT2D eigenvalue weighted by molar-refractivity contribution is 0.421. The molecule has 0 amide bonds. The van der Waals surface area contributed by atoms with Gasteiger partial charge in [-0.25, -0.2) is 0 Å². The van der Waals surface area contributed by atoms with Gasteiger partial charge < -0.3 is 10.2 Å². The minimum Gasteiger partial charge on any atom is -0.507 e. The second-order valence-electron chi connectivity index (χ2n) is 18.6. The summed E-state index contributed by atoms with van der Waals surface area (Å²) in [5, 5.41) is 43.8. The molecule has 0 aliphatic heterocycles. The lowest BCUT2D eigenvalue weighted by atomic mass is 9.77. The van der Waals surface area contributed by atoms with Gasteiger partial charge in [0.2, 0.25) is 0 Å². The van der Waals surface area contributed by atoms with E-state index in [-0.39, 0.29) is 33.2 Å². The second kappa shape index (κ2) is 16.1. The third kappa shape index (κ3) is 10.0. The fourth-order valence-electron chi connectivity index (χ4n) is 6.55. The van der Waals surface area contributed by atoms with Crippen LogP contribution in [-0.4, -0.2) is 15.2 Å². The summed E-state index contributed by atoms with van der Waals surface area (Å²) in [6.45, 7) is 25.1. The van der Waals surface area contributed by atoms with Crippen molar-refractivity contribution in [2.45, 2.75) is 117 Å². The van der Waals surface area contributed by atoms with E-state index in [1.165, 1.54) is 0 Å². The third-order valence-corrected chi connectivity index (χ3v) is 10.2. The summed E-state index contributed by atoms with van der Waals surface area (Å²) < 4.78 is 0. The summed E-state index contributed by atoms with van der Waals surface area (Å²) >= 11 is 12.4. The molecule has 1 heterocycles. The highest BCUT2D eigenvalue weighted by atomic mass is 35.5. The predicted molar refractivity (Wildman–Crippen MR) is 231 cm³/mol. The van der Waals surface area contributed by atoms with Gasteiger partial charge in [-0.3, -0.25) is 4.98 Å². The molecule has 0 saturated heterocycles. The standard InChI is InChI=1S/C47H55Cl2N5O2/c1-44(2,3)34-24-28(25-35(42(34)55)45(4,5)6)40(53-51-32-20-16-30(48)17-21-32)38-14-13-15-39(50-38)41(54-52-33-22-18-31(49)19-23-33)29-26-36(46(7,8)9)43(56)37(27-29)47(10,11)12/h13-27,40-41,55-56H,1-12H3. The molecule has 0 saturated carbocycles. The van der Waals surface area contributed by atoms with E-state index >= 15 is 0 Å². The summed E-state index contributed by atoms with van der Waals surface area (Å²) in [5.41, 5.74) is 6.03. The van der Waals surface area contributed by atoms with Gasteiger partial charge in [0.05, 0.1) is 22.8 Å². The van der Waals surface area contributed by atoms with E-state index in [0.717, 1.165) is 33.4 Å². The molecule has 0 aliphatic carbocycles. The van der Waals surface area contributed by atoms with Crippen molar-refractivity contribution < 1.29 is 10.2 Å². The van der Waals surface area contributed by atoms with Crippen molar-refractivity contribution in [1.29, 1.82) is 0 Å². The average Bonchev–Trinajstić information content (AvgIpc) is 3.09. The molecule has 0 radical (unpaired) electrons. The molecule has 5 rings (SSSR count). The van der Waals surface area contributed by atoms with Crippen molar-refractivity contribution in [2.75, 3.05) is 0 Å². The molecule has 294 valence electrons. The monoisotopic (exact) mass is 791 g/mol. The van der Waals surface area contributed by atoms with Crippen molar-refractivity contribution >= 4 is 34.6 Å². The van der Waals surface area contributed by atoms with Crippen molar-refractivity contribution in [1.82, 2.24) is 4.98 Å². The number of aromatic hydroxyl groups is 2. The first-order valence-corrected chi connectivity index (χ1v) is 19.7. The maximum atomic E-state index is 11.6. The van der Waals surface area contributed by atoms with Crippen molar-refractivity contribution in [2.24, 2.45) is 20.5 Å². The van der Waals surface area contributed by atoms with Crippen LogP contribution >= 0.6 is 23.2 Å². The lowest BCUT2D eigenvalue weighted by Gasteiger charge is -2.29. The number of nitrogens with zero attached hydrogens (tertiary/aromatic N) is 5. The van der Waals surface area contributed by atoms with Crippen LogP contribution < -0.4 is 0 Å². The largest absolute Gasteiger partial charge is 0.507 e. The summed E-state index contributed by atoms with van der Waals surface area (Å²) in [5.74, 6) is 0.561. The smallest absolute Gasteiger partial charge is 0.138 e. The first kappa shape index (κ1) is 42.6. The highest BCUT2D eigenvalue weighted by Crippen LogP contribution is 2.45. The highest BCUT2D eigenvalue weighted by molar-refractivity contribution is 6.30. The predicted octanol–water partition coefficient (Wildman–Crippen LogP) is 14.7. The number of hydrogen-bond donors (Lipinski definition) is 2. The SMILES string of the molecule is CC(C)(C)c1cc(C(N=Nc2ccc(Cl)cc2)c2cccc(C(N=Nc3ccc(Cl)cc3)c3cc(C(C)(C)C)c(O)c(C(C)(C)C)c3)n2)cc(C(C)(C)C)c1O. The second-order valence-corrected chi connectivity index (χ2v) is 19.5. The Bertz CT molecular complexity index is 2010. The van der Waals surface area contributed by atoms with E-state index in [2.05, 4.69) is 83.1 Å². The number of benzene rings is 4. The van der Waals surface area contributed by atoms with Gasteiger partial charge in [0.15, 0.2) is 0 Å². The fourth-order valence-corrected chi connectivity index (χ4v) is 6.80. The minimum absolute atomic E-state index is 0.281. The topological polar surface area (TPSA) is 103 Å². The van der Waals surface area contributed by atoms with Gasteiger partial charge in [0.1, 0.15) is 23.6 Å². The number of hydrogen-bond acceptors (Lipinski definition) is 7. The van der Waals surface area contributed by atoms with Gasteiger partial charge >= 0.3 is 0 Å². The zero-order chi connectivity index (χ0) is 41.4.